The molecule has 0 spiro atoms. The molecule has 1 fully saturated rings. The number of hydrogen-bond donors (Lipinski definition) is 2. The summed E-state index contributed by atoms with van der Waals surface area (Å²) < 4.78 is 0. The quantitative estimate of drug-likeness (QED) is 0.865. The van der Waals surface area contributed by atoms with Crippen LogP contribution < -0.4 is 11.1 Å². The Balaban J connectivity index is 0.00000180. The zero-order valence-corrected chi connectivity index (χ0v) is 12.2. The fourth-order valence-corrected chi connectivity index (χ4v) is 2.71. The molecule has 1 aromatic rings. The van der Waals surface area contributed by atoms with Crippen molar-refractivity contribution in [2.45, 2.75) is 12.5 Å². The number of likely N-dealkylation sites (tertiary alicyclic amines) is 1. The lowest BCUT2D eigenvalue weighted by molar-refractivity contribution is -0.121. The lowest BCUT2D eigenvalue weighted by Crippen LogP contribution is -2.28. The molecule has 2 rings (SSSR count). The average Bonchev–Trinajstić information content (AvgIpc) is 2.73. The number of nitrogens with two attached hydrogens (primary N) is 1. The van der Waals surface area contributed by atoms with E-state index < -0.39 is 0 Å². The summed E-state index contributed by atoms with van der Waals surface area (Å²) in [4.78, 5) is 13.7. The lowest BCUT2D eigenvalue weighted by atomic mass is 9.88. The molecule has 106 valence electrons. The summed E-state index contributed by atoms with van der Waals surface area (Å²) in [6.45, 7) is 2.53. The highest BCUT2D eigenvalue weighted by atomic mass is 35.5. The van der Waals surface area contributed by atoms with Gasteiger partial charge in [0.1, 0.15) is 0 Å². The number of benzene rings is 1. The van der Waals surface area contributed by atoms with E-state index in [9.17, 15) is 4.79 Å². The molecule has 1 saturated heterocycles. The van der Waals surface area contributed by atoms with Crippen molar-refractivity contribution >= 4 is 18.3 Å². The molecular weight excluding hydrogens is 262 g/mol. The maximum absolute atomic E-state index is 11.5. The summed E-state index contributed by atoms with van der Waals surface area (Å²) in [7, 11) is 3.97. The number of amides is 1. The van der Waals surface area contributed by atoms with Gasteiger partial charge in [-0.3, -0.25) is 4.79 Å². The molecular formula is C14H22ClN3O. The van der Waals surface area contributed by atoms with Gasteiger partial charge in [-0.2, -0.15) is 0 Å². The Kier molecular flexibility index (Phi) is 5.79. The second kappa shape index (κ2) is 6.89. The molecule has 0 aliphatic carbocycles. The molecule has 0 saturated carbocycles. The SMILES string of the molecule is CNCc1ccc(C2CN(C)CC2C(N)=O)cc1.Cl. The Labute approximate surface area is 120 Å². The van der Waals surface area contributed by atoms with E-state index in [0.29, 0.717) is 0 Å². The highest BCUT2D eigenvalue weighted by molar-refractivity contribution is 5.85. The van der Waals surface area contributed by atoms with Crippen LogP contribution in [0.25, 0.3) is 0 Å². The van der Waals surface area contributed by atoms with Crippen LogP contribution in [0.3, 0.4) is 0 Å². The maximum atomic E-state index is 11.5. The van der Waals surface area contributed by atoms with Gasteiger partial charge in [-0.15, -0.1) is 12.4 Å². The van der Waals surface area contributed by atoms with Gasteiger partial charge in [0.25, 0.3) is 0 Å². The zero-order valence-electron chi connectivity index (χ0n) is 11.4. The molecule has 0 bridgehead atoms. The predicted octanol–water partition coefficient (Wildman–Crippen LogP) is 0.958. The third kappa shape index (κ3) is 3.69. The van der Waals surface area contributed by atoms with Gasteiger partial charge in [-0.05, 0) is 25.2 Å². The van der Waals surface area contributed by atoms with Crippen LogP contribution in [-0.4, -0.2) is 38.0 Å². The van der Waals surface area contributed by atoms with E-state index in [1.165, 1.54) is 11.1 Å². The molecule has 19 heavy (non-hydrogen) atoms. The average molecular weight is 284 g/mol. The van der Waals surface area contributed by atoms with Gasteiger partial charge in [-0.25, -0.2) is 0 Å². The van der Waals surface area contributed by atoms with E-state index in [2.05, 4.69) is 34.5 Å². The van der Waals surface area contributed by atoms with Crippen molar-refractivity contribution in [1.29, 1.82) is 0 Å². The van der Waals surface area contributed by atoms with Crippen LogP contribution in [0.5, 0.6) is 0 Å². The highest BCUT2D eigenvalue weighted by Crippen LogP contribution is 2.31. The van der Waals surface area contributed by atoms with Gasteiger partial charge < -0.3 is 16.0 Å². The Bertz CT molecular complexity index is 421. The highest BCUT2D eigenvalue weighted by Gasteiger charge is 2.35. The molecule has 5 heteroatoms. The summed E-state index contributed by atoms with van der Waals surface area (Å²) in [6, 6.07) is 8.46. The Morgan fingerprint density at radius 3 is 2.53 bits per heavy atom. The molecule has 1 aliphatic heterocycles. The van der Waals surface area contributed by atoms with Crippen LogP contribution in [0.1, 0.15) is 17.0 Å². The van der Waals surface area contributed by atoms with Gasteiger partial charge in [0.15, 0.2) is 0 Å². The fraction of sp³-hybridized carbons (Fsp3) is 0.500. The first-order valence-corrected chi connectivity index (χ1v) is 6.33. The minimum atomic E-state index is -0.191. The van der Waals surface area contributed by atoms with Gasteiger partial charge in [0, 0.05) is 25.6 Å². The van der Waals surface area contributed by atoms with E-state index in [0.717, 1.165) is 19.6 Å². The number of hydrogen-bond acceptors (Lipinski definition) is 3. The first-order chi connectivity index (χ1) is 8.61. The van der Waals surface area contributed by atoms with Crippen LogP contribution in [-0.2, 0) is 11.3 Å². The third-order valence-electron chi connectivity index (χ3n) is 3.66. The van der Waals surface area contributed by atoms with Crippen molar-refractivity contribution in [3.8, 4) is 0 Å². The molecule has 0 radical (unpaired) electrons. The van der Waals surface area contributed by atoms with Crippen molar-refractivity contribution < 1.29 is 4.79 Å². The number of likely N-dealkylation sites (N-methyl/N-ethyl adjacent to an activating group) is 1. The summed E-state index contributed by atoms with van der Waals surface area (Å²) in [5.41, 5.74) is 7.95. The standard InChI is InChI=1S/C14H21N3O.ClH/c1-16-7-10-3-5-11(6-4-10)12-8-17(2)9-13(12)14(15)18;/h3-6,12-13,16H,7-9H2,1-2H3,(H2,15,18);1H. The molecule has 4 nitrogen and oxygen atoms in total. The Morgan fingerprint density at radius 1 is 1.37 bits per heavy atom. The molecule has 3 N–H and O–H groups in total. The van der Waals surface area contributed by atoms with Gasteiger partial charge in [-0.1, -0.05) is 24.3 Å². The van der Waals surface area contributed by atoms with Crippen LogP contribution in [0.4, 0.5) is 0 Å². The molecule has 1 heterocycles. The summed E-state index contributed by atoms with van der Waals surface area (Å²) >= 11 is 0. The van der Waals surface area contributed by atoms with Crippen molar-refractivity contribution in [2.75, 3.05) is 27.2 Å². The molecule has 2 unspecified atom stereocenters. The molecule has 1 aromatic carbocycles. The van der Waals surface area contributed by atoms with Gasteiger partial charge in [0.2, 0.25) is 5.91 Å². The summed E-state index contributed by atoms with van der Waals surface area (Å²) in [5.74, 6) is -0.0232. The summed E-state index contributed by atoms with van der Waals surface area (Å²) in [6.07, 6.45) is 0. The second-order valence-electron chi connectivity index (χ2n) is 5.11. The normalized spacial score (nSPS) is 23.1. The van der Waals surface area contributed by atoms with E-state index >= 15 is 0 Å². The van der Waals surface area contributed by atoms with Crippen molar-refractivity contribution in [2.24, 2.45) is 11.7 Å². The van der Waals surface area contributed by atoms with Crippen molar-refractivity contribution in [1.82, 2.24) is 10.2 Å². The number of nitrogens with zero attached hydrogens (tertiary/aromatic N) is 1. The largest absolute Gasteiger partial charge is 0.369 e. The van der Waals surface area contributed by atoms with E-state index in [-0.39, 0.29) is 30.2 Å². The maximum Gasteiger partial charge on any atom is 0.222 e. The Hall–Kier alpha value is -1.10. The van der Waals surface area contributed by atoms with E-state index in [4.69, 9.17) is 5.73 Å². The molecule has 1 amide bonds. The smallest absolute Gasteiger partial charge is 0.222 e. The number of carbonyl (C=O) groups is 1. The monoisotopic (exact) mass is 283 g/mol. The van der Waals surface area contributed by atoms with Gasteiger partial charge >= 0.3 is 0 Å². The molecule has 0 aromatic heterocycles. The first kappa shape index (κ1) is 16.0. The number of halogens is 1. The first-order valence-electron chi connectivity index (χ1n) is 6.33. The van der Waals surface area contributed by atoms with Crippen LogP contribution in [0, 0.1) is 5.92 Å². The minimum Gasteiger partial charge on any atom is -0.369 e. The Morgan fingerprint density at radius 2 is 2.00 bits per heavy atom. The summed E-state index contributed by atoms with van der Waals surface area (Å²) in [5, 5.41) is 3.12. The lowest BCUT2D eigenvalue weighted by Gasteiger charge is -2.16. The van der Waals surface area contributed by atoms with Crippen LogP contribution >= 0.6 is 12.4 Å². The fourth-order valence-electron chi connectivity index (χ4n) is 2.71. The van der Waals surface area contributed by atoms with E-state index in [1.807, 2.05) is 14.1 Å². The topological polar surface area (TPSA) is 58.4 Å². The minimum absolute atomic E-state index is 0. The number of primary amides is 1. The predicted molar refractivity (Wildman–Crippen MR) is 79.4 cm³/mol. The second-order valence-corrected chi connectivity index (χ2v) is 5.11. The van der Waals surface area contributed by atoms with E-state index in [1.54, 1.807) is 0 Å². The van der Waals surface area contributed by atoms with Gasteiger partial charge in [0.05, 0.1) is 5.92 Å². The van der Waals surface area contributed by atoms with Crippen LogP contribution in [0.15, 0.2) is 24.3 Å². The van der Waals surface area contributed by atoms with Crippen LogP contribution in [0.2, 0.25) is 0 Å². The number of nitrogens with one attached hydrogen (secondary N) is 1. The molecule has 1 aliphatic rings. The van der Waals surface area contributed by atoms with Crippen molar-refractivity contribution in [3.63, 3.8) is 0 Å². The zero-order chi connectivity index (χ0) is 13.1. The van der Waals surface area contributed by atoms with Crippen molar-refractivity contribution in [3.05, 3.63) is 35.4 Å². The number of rotatable bonds is 4. The third-order valence-corrected chi connectivity index (χ3v) is 3.66. The number of carbonyl (C=O) groups excluding carboxylic acids is 1. The molecule has 2 atom stereocenters.